The second kappa shape index (κ2) is 10.4. The quantitative estimate of drug-likeness (QED) is 0.664. The summed E-state index contributed by atoms with van der Waals surface area (Å²) in [7, 11) is 3.61. The van der Waals surface area contributed by atoms with Crippen molar-refractivity contribution < 1.29 is 14.7 Å². The van der Waals surface area contributed by atoms with Crippen LogP contribution in [-0.2, 0) is 9.59 Å². The molecule has 1 atom stereocenters. The summed E-state index contributed by atoms with van der Waals surface area (Å²) < 4.78 is 0. The van der Waals surface area contributed by atoms with E-state index >= 15 is 0 Å². The molecule has 0 radical (unpaired) electrons. The van der Waals surface area contributed by atoms with Crippen LogP contribution in [-0.4, -0.2) is 60.5 Å². The summed E-state index contributed by atoms with van der Waals surface area (Å²) in [6.45, 7) is 1.13. The molecule has 2 amide bonds. The predicted octanol–water partition coefficient (Wildman–Crippen LogP) is 2.14. The molecule has 6 heteroatoms. The Morgan fingerprint density at radius 3 is 2.19 bits per heavy atom. The molecule has 0 aliphatic carbocycles. The molecule has 0 aliphatic rings. The van der Waals surface area contributed by atoms with Gasteiger partial charge in [0.2, 0.25) is 11.8 Å². The topological polar surface area (TPSA) is 72.9 Å². The maximum atomic E-state index is 12.7. The fourth-order valence-electron chi connectivity index (χ4n) is 2.85. The van der Waals surface area contributed by atoms with Gasteiger partial charge in [0.25, 0.3) is 0 Å². The number of hydrogen-bond acceptors (Lipinski definition) is 4. The van der Waals surface area contributed by atoms with Crippen molar-refractivity contribution in [1.29, 1.82) is 0 Å². The van der Waals surface area contributed by atoms with E-state index in [1.807, 2.05) is 60.5 Å². The van der Waals surface area contributed by atoms with Crippen molar-refractivity contribution in [2.24, 2.45) is 0 Å². The van der Waals surface area contributed by atoms with Gasteiger partial charge in [-0.05, 0) is 24.7 Å². The highest BCUT2D eigenvalue weighted by Crippen LogP contribution is 2.21. The van der Waals surface area contributed by atoms with Crippen LogP contribution < -0.4 is 5.32 Å². The molecule has 2 aromatic carbocycles. The molecule has 6 nitrogen and oxygen atoms in total. The Morgan fingerprint density at radius 2 is 1.59 bits per heavy atom. The number of rotatable bonds is 9. The minimum absolute atomic E-state index is 0.0507. The van der Waals surface area contributed by atoms with E-state index in [0.717, 1.165) is 5.56 Å². The molecule has 0 unspecified atom stereocenters. The van der Waals surface area contributed by atoms with Crippen LogP contribution in [0.3, 0.4) is 0 Å². The van der Waals surface area contributed by atoms with Crippen molar-refractivity contribution in [1.82, 2.24) is 9.80 Å². The molecule has 0 spiro atoms. The SMILES string of the molecule is CN(CCO)C[C@H](c1ccccc1)N(C)C(=O)CC(=O)Nc1ccccc1. The number of para-hydroxylation sites is 1. The zero-order chi connectivity index (χ0) is 19.6. The first kappa shape index (κ1) is 20.6. The van der Waals surface area contributed by atoms with Gasteiger partial charge in [-0.15, -0.1) is 0 Å². The monoisotopic (exact) mass is 369 g/mol. The number of anilines is 1. The molecule has 0 aromatic heterocycles. The van der Waals surface area contributed by atoms with E-state index in [-0.39, 0.29) is 30.9 Å². The van der Waals surface area contributed by atoms with Crippen molar-refractivity contribution in [2.75, 3.05) is 39.1 Å². The third-order valence-electron chi connectivity index (χ3n) is 4.38. The van der Waals surface area contributed by atoms with E-state index in [4.69, 9.17) is 5.11 Å². The van der Waals surface area contributed by atoms with Gasteiger partial charge in [-0.3, -0.25) is 9.59 Å². The fourth-order valence-corrected chi connectivity index (χ4v) is 2.85. The molecule has 0 fully saturated rings. The van der Waals surface area contributed by atoms with Crippen LogP contribution >= 0.6 is 0 Å². The first-order valence-electron chi connectivity index (χ1n) is 8.96. The van der Waals surface area contributed by atoms with Crippen LogP contribution in [0.1, 0.15) is 18.0 Å². The Morgan fingerprint density at radius 1 is 1.00 bits per heavy atom. The molecule has 2 N–H and O–H groups in total. The van der Waals surface area contributed by atoms with E-state index < -0.39 is 0 Å². The number of benzene rings is 2. The standard InChI is InChI=1S/C21H27N3O3/c1-23(13-14-25)16-19(17-9-5-3-6-10-17)24(2)21(27)15-20(26)22-18-11-7-4-8-12-18/h3-12,19,25H,13-16H2,1-2H3,(H,22,26)/t19-/m1/s1. The van der Waals surface area contributed by atoms with Crippen LogP contribution in [0.15, 0.2) is 60.7 Å². The lowest BCUT2D eigenvalue weighted by Crippen LogP contribution is -2.40. The smallest absolute Gasteiger partial charge is 0.233 e. The molecule has 2 aromatic rings. The summed E-state index contributed by atoms with van der Waals surface area (Å²) in [5, 5.41) is 11.9. The van der Waals surface area contributed by atoms with Crippen LogP contribution in [0.5, 0.6) is 0 Å². The number of likely N-dealkylation sites (N-methyl/N-ethyl adjacent to an activating group) is 2. The fraction of sp³-hybridized carbons (Fsp3) is 0.333. The van der Waals surface area contributed by atoms with Crippen molar-refractivity contribution in [3.8, 4) is 0 Å². The second-order valence-corrected chi connectivity index (χ2v) is 6.51. The van der Waals surface area contributed by atoms with E-state index in [1.54, 1.807) is 24.1 Å². The maximum absolute atomic E-state index is 12.7. The van der Waals surface area contributed by atoms with E-state index in [9.17, 15) is 9.59 Å². The predicted molar refractivity (Wildman–Crippen MR) is 106 cm³/mol. The van der Waals surface area contributed by atoms with Crippen LogP contribution in [0.2, 0.25) is 0 Å². The zero-order valence-corrected chi connectivity index (χ0v) is 15.8. The highest BCUT2D eigenvalue weighted by atomic mass is 16.3. The number of amides is 2. The lowest BCUT2D eigenvalue weighted by Gasteiger charge is -2.32. The van der Waals surface area contributed by atoms with Gasteiger partial charge in [0.1, 0.15) is 6.42 Å². The molecule has 0 bridgehead atoms. The van der Waals surface area contributed by atoms with Gasteiger partial charge in [-0.1, -0.05) is 48.5 Å². The summed E-state index contributed by atoms with van der Waals surface area (Å²) in [5.41, 5.74) is 1.65. The summed E-state index contributed by atoms with van der Waals surface area (Å²) in [4.78, 5) is 28.5. The number of nitrogens with one attached hydrogen (secondary N) is 1. The molecule has 0 saturated carbocycles. The normalized spacial score (nSPS) is 11.9. The Balaban J connectivity index is 2.05. The third-order valence-corrected chi connectivity index (χ3v) is 4.38. The highest BCUT2D eigenvalue weighted by molar-refractivity contribution is 6.03. The lowest BCUT2D eigenvalue weighted by atomic mass is 10.0. The van der Waals surface area contributed by atoms with Gasteiger partial charge in [-0.2, -0.15) is 0 Å². The average Bonchev–Trinajstić information content (AvgIpc) is 2.67. The van der Waals surface area contributed by atoms with Crippen LogP contribution in [0.4, 0.5) is 5.69 Å². The Hall–Kier alpha value is -2.70. The molecule has 144 valence electrons. The molecule has 2 rings (SSSR count). The molecular formula is C21H27N3O3. The Labute approximate surface area is 160 Å². The molecular weight excluding hydrogens is 342 g/mol. The first-order chi connectivity index (χ1) is 13.0. The van der Waals surface area contributed by atoms with Crippen molar-refractivity contribution >= 4 is 17.5 Å². The van der Waals surface area contributed by atoms with Gasteiger partial charge >= 0.3 is 0 Å². The summed E-state index contributed by atoms with van der Waals surface area (Å²) >= 11 is 0. The molecule has 27 heavy (non-hydrogen) atoms. The van der Waals surface area contributed by atoms with E-state index in [0.29, 0.717) is 18.8 Å². The summed E-state index contributed by atoms with van der Waals surface area (Å²) in [6, 6.07) is 18.6. The van der Waals surface area contributed by atoms with Crippen molar-refractivity contribution in [2.45, 2.75) is 12.5 Å². The summed E-state index contributed by atoms with van der Waals surface area (Å²) in [5.74, 6) is -0.594. The number of hydrogen-bond donors (Lipinski definition) is 2. The van der Waals surface area contributed by atoms with Gasteiger partial charge in [0.05, 0.1) is 12.6 Å². The number of carbonyl (C=O) groups excluding carboxylic acids is 2. The highest BCUT2D eigenvalue weighted by Gasteiger charge is 2.24. The number of carbonyl (C=O) groups is 2. The average molecular weight is 369 g/mol. The van der Waals surface area contributed by atoms with E-state index in [1.165, 1.54) is 0 Å². The van der Waals surface area contributed by atoms with Crippen molar-refractivity contribution in [3.63, 3.8) is 0 Å². The zero-order valence-electron chi connectivity index (χ0n) is 15.8. The number of aliphatic hydroxyl groups excluding tert-OH is 1. The minimum Gasteiger partial charge on any atom is -0.395 e. The maximum Gasteiger partial charge on any atom is 0.233 e. The third kappa shape index (κ3) is 6.51. The largest absolute Gasteiger partial charge is 0.395 e. The Kier molecular flexibility index (Phi) is 7.98. The van der Waals surface area contributed by atoms with Crippen LogP contribution in [0, 0.1) is 0 Å². The van der Waals surface area contributed by atoms with Gasteiger partial charge < -0.3 is 20.2 Å². The molecule has 0 heterocycles. The van der Waals surface area contributed by atoms with Gasteiger partial charge in [0.15, 0.2) is 0 Å². The lowest BCUT2D eigenvalue weighted by molar-refractivity contribution is -0.135. The number of aliphatic hydroxyl groups is 1. The molecule has 0 saturated heterocycles. The van der Waals surface area contributed by atoms with Crippen molar-refractivity contribution in [3.05, 3.63) is 66.2 Å². The summed E-state index contributed by atoms with van der Waals surface area (Å²) in [6.07, 6.45) is -0.224. The van der Waals surface area contributed by atoms with Gasteiger partial charge in [-0.25, -0.2) is 0 Å². The van der Waals surface area contributed by atoms with Crippen LogP contribution in [0.25, 0.3) is 0 Å². The first-order valence-corrected chi connectivity index (χ1v) is 8.96. The minimum atomic E-state index is -0.339. The van der Waals surface area contributed by atoms with E-state index in [2.05, 4.69) is 5.32 Å². The van der Waals surface area contributed by atoms with Gasteiger partial charge in [0, 0.05) is 25.8 Å². The second-order valence-electron chi connectivity index (χ2n) is 6.51. The Bertz CT molecular complexity index is 722. The molecule has 0 aliphatic heterocycles. The number of nitrogens with zero attached hydrogens (tertiary/aromatic N) is 2.